The molecule has 4 rings (SSSR count). The second kappa shape index (κ2) is 10.5. The molecule has 0 fully saturated rings. The predicted octanol–water partition coefficient (Wildman–Crippen LogP) is 3.68. The molecule has 1 aliphatic carbocycles. The molecule has 2 aromatic carbocycles. The summed E-state index contributed by atoms with van der Waals surface area (Å²) in [5, 5.41) is 2.69. The summed E-state index contributed by atoms with van der Waals surface area (Å²) in [6.07, 6.45) is 2.29. The van der Waals surface area contributed by atoms with Crippen molar-refractivity contribution in [1.82, 2.24) is 9.97 Å². The molecule has 1 atom stereocenters. The number of hydrogen-bond acceptors (Lipinski definition) is 9. The van der Waals surface area contributed by atoms with Gasteiger partial charge in [-0.05, 0) is 42.2 Å². The Hall–Kier alpha value is -4.34. The highest BCUT2D eigenvalue weighted by Crippen LogP contribution is 2.39. The van der Waals surface area contributed by atoms with Gasteiger partial charge in [0.15, 0.2) is 28.8 Å². The lowest BCUT2D eigenvalue weighted by atomic mass is 9.82. The molecule has 1 amide bonds. The Morgan fingerprint density at radius 1 is 0.861 bits per heavy atom. The SMILES string of the molecule is COc1ccc([C@H]2CC(=O)c3cnc(NC(=O)c4cc(OC)c(OC)c(OC)c4)nc3C2)cc1OC. The zero-order valence-electron chi connectivity index (χ0n) is 20.7. The summed E-state index contributed by atoms with van der Waals surface area (Å²) < 4.78 is 26.7. The summed E-state index contributed by atoms with van der Waals surface area (Å²) in [5.74, 6) is 1.74. The maximum Gasteiger partial charge on any atom is 0.258 e. The van der Waals surface area contributed by atoms with Gasteiger partial charge in [-0.1, -0.05) is 6.07 Å². The van der Waals surface area contributed by atoms with Crippen LogP contribution in [-0.2, 0) is 6.42 Å². The minimum absolute atomic E-state index is 0.0569. The molecule has 1 N–H and O–H groups in total. The number of ketones is 1. The Kier molecular flexibility index (Phi) is 7.23. The van der Waals surface area contributed by atoms with Crippen LogP contribution in [-0.4, -0.2) is 57.2 Å². The van der Waals surface area contributed by atoms with E-state index in [4.69, 9.17) is 23.7 Å². The van der Waals surface area contributed by atoms with Gasteiger partial charge in [0.2, 0.25) is 11.7 Å². The third kappa shape index (κ3) is 4.74. The minimum Gasteiger partial charge on any atom is -0.493 e. The molecule has 0 radical (unpaired) electrons. The number of carbonyl (C=O) groups excluding carboxylic acids is 2. The molecule has 36 heavy (non-hydrogen) atoms. The van der Waals surface area contributed by atoms with E-state index in [2.05, 4.69) is 15.3 Å². The van der Waals surface area contributed by atoms with Gasteiger partial charge < -0.3 is 23.7 Å². The first-order valence-corrected chi connectivity index (χ1v) is 11.1. The zero-order valence-corrected chi connectivity index (χ0v) is 20.7. The minimum atomic E-state index is -0.465. The molecule has 188 valence electrons. The smallest absolute Gasteiger partial charge is 0.258 e. The van der Waals surface area contributed by atoms with Gasteiger partial charge in [0.25, 0.3) is 5.91 Å². The molecule has 1 aromatic heterocycles. The van der Waals surface area contributed by atoms with E-state index in [0.717, 1.165) is 5.56 Å². The van der Waals surface area contributed by atoms with Crippen molar-refractivity contribution in [2.75, 3.05) is 40.9 Å². The molecule has 1 heterocycles. The first kappa shape index (κ1) is 24.8. The summed E-state index contributed by atoms with van der Waals surface area (Å²) in [6, 6.07) is 8.67. The van der Waals surface area contributed by atoms with E-state index in [1.54, 1.807) is 14.2 Å². The van der Waals surface area contributed by atoms with E-state index in [1.165, 1.54) is 39.7 Å². The lowest BCUT2D eigenvalue weighted by molar-refractivity contribution is 0.0962. The van der Waals surface area contributed by atoms with Gasteiger partial charge in [0.1, 0.15) is 0 Å². The van der Waals surface area contributed by atoms with E-state index in [0.29, 0.717) is 52.8 Å². The van der Waals surface area contributed by atoms with Crippen molar-refractivity contribution < 1.29 is 33.3 Å². The average Bonchev–Trinajstić information content (AvgIpc) is 2.91. The van der Waals surface area contributed by atoms with E-state index in [1.807, 2.05) is 18.2 Å². The maximum atomic E-state index is 13.0. The molecule has 0 saturated heterocycles. The van der Waals surface area contributed by atoms with Crippen molar-refractivity contribution in [3.63, 3.8) is 0 Å². The Balaban J connectivity index is 1.59. The number of rotatable bonds is 8. The fraction of sp³-hybridized carbons (Fsp3) is 0.308. The molecule has 3 aromatic rings. The van der Waals surface area contributed by atoms with Crippen LogP contribution in [0.15, 0.2) is 36.5 Å². The van der Waals surface area contributed by atoms with Crippen LogP contribution in [0.25, 0.3) is 0 Å². The van der Waals surface area contributed by atoms with Gasteiger partial charge in [0.05, 0.1) is 46.8 Å². The highest BCUT2D eigenvalue weighted by atomic mass is 16.5. The number of Topliss-reactive ketones (excluding diaryl/α,β-unsaturated/α-hetero) is 1. The molecule has 1 aliphatic rings. The number of fused-ring (bicyclic) bond motifs is 1. The second-order valence-electron chi connectivity index (χ2n) is 8.06. The van der Waals surface area contributed by atoms with Crippen molar-refractivity contribution in [2.24, 2.45) is 0 Å². The van der Waals surface area contributed by atoms with Gasteiger partial charge in [-0.15, -0.1) is 0 Å². The number of methoxy groups -OCH3 is 5. The van der Waals surface area contributed by atoms with Gasteiger partial charge in [-0.3, -0.25) is 14.9 Å². The van der Waals surface area contributed by atoms with Gasteiger partial charge in [-0.25, -0.2) is 9.97 Å². The molecule has 0 saturated carbocycles. The van der Waals surface area contributed by atoms with Crippen LogP contribution in [0.3, 0.4) is 0 Å². The third-order valence-corrected chi connectivity index (χ3v) is 6.07. The Morgan fingerprint density at radius 2 is 1.53 bits per heavy atom. The molecule has 0 bridgehead atoms. The monoisotopic (exact) mass is 493 g/mol. The number of nitrogens with one attached hydrogen (secondary N) is 1. The third-order valence-electron chi connectivity index (χ3n) is 6.07. The van der Waals surface area contributed by atoms with Crippen molar-refractivity contribution >= 4 is 17.6 Å². The molecular formula is C26H27N3O7. The van der Waals surface area contributed by atoms with Crippen LogP contribution in [0, 0.1) is 0 Å². The van der Waals surface area contributed by atoms with E-state index in [-0.39, 0.29) is 23.2 Å². The molecule has 10 nitrogen and oxygen atoms in total. The number of benzene rings is 2. The summed E-state index contributed by atoms with van der Waals surface area (Å²) in [6.45, 7) is 0. The van der Waals surface area contributed by atoms with Crippen LogP contribution in [0.5, 0.6) is 28.7 Å². The normalized spacial score (nSPS) is 14.5. The number of ether oxygens (including phenoxy) is 5. The average molecular weight is 494 g/mol. The first-order chi connectivity index (χ1) is 17.4. The van der Waals surface area contributed by atoms with Crippen LogP contribution in [0.1, 0.15) is 44.3 Å². The van der Waals surface area contributed by atoms with E-state index < -0.39 is 5.91 Å². The number of amides is 1. The van der Waals surface area contributed by atoms with Gasteiger partial charge >= 0.3 is 0 Å². The van der Waals surface area contributed by atoms with Crippen LogP contribution in [0.2, 0.25) is 0 Å². The first-order valence-electron chi connectivity index (χ1n) is 11.1. The number of hydrogen-bond donors (Lipinski definition) is 1. The topological polar surface area (TPSA) is 118 Å². The Labute approximate surface area is 208 Å². The van der Waals surface area contributed by atoms with Crippen LogP contribution >= 0.6 is 0 Å². The van der Waals surface area contributed by atoms with Crippen LogP contribution in [0.4, 0.5) is 5.95 Å². The summed E-state index contributed by atoms with van der Waals surface area (Å²) in [4.78, 5) is 34.5. The number of aromatic nitrogens is 2. The summed E-state index contributed by atoms with van der Waals surface area (Å²) in [7, 11) is 7.56. The van der Waals surface area contributed by atoms with Gasteiger partial charge in [0, 0.05) is 18.2 Å². The maximum absolute atomic E-state index is 13.0. The zero-order chi connectivity index (χ0) is 25.8. The van der Waals surface area contributed by atoms with E-state index >= 15 is 0 Å². The largest absolute Gasteiger partial charge is 0.493 e. The van der Waals surface area contributed by atoms with E-state index in [9.17, 15) is 9.59 Å². The fourth-order valence-corrected chi connectivity index (χ4v) is 4.23. The standard InChI is InChI=1S/C26H27N3O7/c1-32-20-7-6-14(10-21(20)33-2)15-8-18-17(19(30)9-15)13-27-26(28-18)29-25(31)16-11-22(34-3)24(36-5)23(12-16)35-4/h6-7,10-13,15H,8-9H2,1-5H3,(H,27,28,29,31)/t15-/m1/s1. The quantitative estimate of drug-likeness (QED) is 0.501. The predicted molar refractivity (Wildman–Crippen MR) is 131 cm³/mol. The lowest BCUT2D eigenvalue weighted by Crippen LogP contribution is -2.22. The second-order valence-corrected chi connectivity index (χ2v) is 8.06. The van der Waals surface area contributed by atoms with Crippen molar-refractivity contribution in [3.8, 4) is 28.7 Å². The Bertz CT molecular complexity index is 1280. The highest BCUT2D eigenvalue weighted by Gasteiger charge is 2.29. The molecule has 10 heteroatoms. The van der Waals surface area contributed by atoms with Crippen molar-refractivity contribution in [3.05, 3.63) is 58.9 Å². The molecule has 0 spiro atoms. The number of anilines is 1. The highest BCUT2D eigenvalue weighted by molar-refractivity contribution is 6.04. The molecule has 0 unspecified atom stereocenters. The van der Waals surface area contributed by atoms with Crippen LogP contribution < -0.4 is 29.0 Å². The van der Waals surface area contributed by atoms with Gasteiger partial charge in [-0.2, -0.15) is 0 Å². The van der Waals surface area contributed by atoms with Crippen molar-refractivity contribution in [1.29, 1.82) is 0 Å². The molecule has 0 aliphatic heterocycles. The Morgan fingerprint density at radius 3 is 2.14 bits per heavy atom. The lowest BCUT2D eigenvalue weighted by Gasteiger charge is -2.24. The van der Waals surface area contributed by atoms with Crippen molar-refractivity contribution in [2.45, 2.75) is 18.8 Å². The molecular weight excluding hydrogens is 466 g/mol. The summed E-state index contributed by atoms with van der Waals surface area (Å²) >= 11 is 0. The summed E-state index contributed by atoms with van der Waals surface area (Å²) in [5.41, 5.74) is 2.23. The fourth-order valence-electron chi connectivity index (χ4n) is 4.23. The number of carbonyl (C=O) groups is 2. The number of nitrogens with zero attached hydrogens (tertiary/aromatic N) is 2.